The molecule has 1 saturated heterocycles. The Kier molecular flexibility index (Phi) is 4.81. The van der Waals surface area contributed by atoms with E-state index in [1.807, 2.05) is 12.3 Å². The van der Waals surface area contributed by atoms with E-state index >= 15 is 0 Å². The zero-order valence-corrected chi connectivity index (χ0v) is 17.8. The van der Waals surface area contributed by atoms with Crippen molar-refractivity contribution in [3.05, 3.63) is 90.8 Å². The van der Waals surface area contributed by atoms with Gasteiger partial charge in [-0.1, -0.05) is 42.5 Å². The van der Waals surface area contributed by atoms with Gasteiger partial charge in [0, 0.05) is 53.9 Å². The molecular weight excluding hydrogens is 396 g/mol. The third-order valence-electron chi connectivity index (χ3n) is 6.18. The first-order chi connectivity index (χ1) is 15.9. The summed E-state index contributed by atoms with van der Waals surface area (Å²) in [5.74, 6) is 0.995. The number of anilines is 1. The zero-order valence-electron chi connectivity index (χ0n) is 17.8. The van der Waals surface area contributed by atoms with Gasteiger partial charge in [-0.15, -0.1) is 0 Å². The van der Waals surface area contributed by atoms with E-state index in [-0.39, 0.29) is 0 Å². The van der Waals surface area contributed by atoms with Crippen LogP contribution in [0, 0.1) is 0 Å². The molecule has 0 amide bonds. The van der Waals surface area contributed by atoms with E-state index in [1.165, 1.54) is 16.5 Å². The Hall–Kier alpha value is -3.70. The molecule has 4 heterocycles. The molecule has 0 unspecified atom stereocenters. The van der Waals surface area contributed by atoms with Crippen molar-refractivity contribution in [2.45, 2.75) is 6.54 Å². The number of nitrogens with zero attached hydrogens (tertiary/aromatic N) is 4. The van der Waals surface area contributed by atoms with Gasteiger partial charge < -0.3 is 14.2 Å². The van der Waals surface area contributed by atoms with Crippen LogP contribution in [0.2, 0.25) is 0 Å². The molecule has 6 rings (SSSR count). The van der Waals surface area contributed by atoms with Crippen LogP contribution in [0.25, 0.3) is 33.1 Å². The summed E-state index contributed by atoms with van der Waals surface area (Å²) in [4.78, 5) is 12.1. The maximum atomic E-state index is 5.57. The van der Waals surface area contributed by atoms with Gasteiger partial charge >= 0.3 is 0 Å². The van der Waals surface area contributed by atoms with E-state index in [9.17, 15) is 0 Å². The molecular formula is C27H24N4O. The Bertz CT molecular complexity index is 1390. The highest BCUT2D eigenvalue weighted by Gasteiger charge is 2.18. The summed E-state index contributed by atoms with van der Waals surface area (Å²) in [6, 6.07) is 25.4. The van der Waals surface area contributed by atoms with Crippen LogP contribution in [0.3, 0.4) is 0 Å². The van der Waals surface area contributed by atoms with Gasteiger partial charge in [-0.05, 0) is 35.9 Å². The van der Waals surface area contributed by atoms with Gasteiger partial charge in [0.2, 0.25) is 0 Å². The number of rotatable bonds is 4. The Morgan fingerprint density at radius 2 is 1.72 bits per heavy atom. The van der Waals surface area contributed by atoms with Gasteiger partial charge in [-0.25, -0.2) is 4.98 Å². The minimum atomic E-state index is 0.728. The minimum absolute atomic E-state index is 0.728. The lowest BCUT2D eigenvalue weighted by Crippen LogP contribution is -2.37. The fraction of sp³-hybridized carbons (Fsp3) is 0.185. The Labute approximate surface area is 186 Å². The number of hydrogen-bond acceptors (Lipinski definition) is 4. The highest BCUT2D eigenvalue weighted by molar-refractivity contribution is 5.98. The van der Waals surface area contributed by atoms with Gasteiger partial charge in [0.1, 0.15) is 5.82 Å². The summed E-state index contributed by atoms with van der Waals surface area (Å²) in [7, 11) is 0. The molecule has 5 nitrogen and oxygen atoms in total. The van der Waals surface area contributed by atoms with Crippen LogP contribution in [-0.4, -0.2) is 40.8 Å². The van der Waals surface area contributed by atoms with Crippen LogP contribution in [-0.2, 0) is 11.3 Å². The largest absolute Gasteiger partial charge is 0.378 e. The number of morpholine rings is 1. The molecule has 1 aliphatic heterocycles. The molecule has 1 aliphatic rings. The number of aromatic nitrogens is 3. The molecule has 0 bridgehead atoms. The average Bonchev–Trinajstić information content (AvgIpc) is 3.27. The maximum absolute atomic E-state index is 5.57. The smallest absolute Gasteiger partial charge is 0.138 e. The second-order valence-electron chi connectivity index (χ2n) is 8.17. The second kappa shape index (κ2) is 8.09. The zero-order chi connectivity index (χ0) is 21.3. The van der Waals surface area contributed by atoms with E-state index in [0.717, 1.165) is 60.8 Å². The second-order valence-corrected chi connectivity index (χ2v) is 8.17. The molecule has 1 fully saturated rings. The maximum Gasteiger partial charge on any atom is 0.138 e. The molecule has 0 spiro atoms. The van der Waals surface area contributed by atoms with Crippen molar-refractivity contribution in [3.8, 4) is 11.3 Å². The molecule has 2 aromatic carbocycles. The molecule has 0 saturated carbocycles. The molecule has 5 aromatic rings. The van der Waals surface area contributed by atoms with Crippen molar-refractivity contribution < 1.29 is 4.74 Å². The van der Waals surface area contributed by atoms with E-state index < -0.39 is 0 Å². The highest BCUT2D eigenvalue weighted by atomic mass is 16.5. The number of hydrogen-bond donors (Lipinski definition) is 0. The standard InChI is InChI=1S/C27H24N4O/c1-2-6-20(7-3-1)19-31-13-11-22-21(8-4-10-26(22)31)25-18-24-23(9-5-12-28-24)27(29-25)30-14-16-32-17-15-30/h1-13,18H,14-17,19H2. The summed E-state index contributed by atoms with van der Waals surface area (Å²) in [5, 5.41) is 2.30. The summed E-state index contributed by atoms with van der Waals surface area (Å²) in [6.45, 7) is 3.99. The topological polar surface area (TPSA) is 43.2 Å². The van der Waals surface area contributed by atoms with Crippen molar-refractivity contribution in [1.82, 2.24) is 14.5 Å². The lowest BCUT2D eigenvalue weighted by atomic mass is 10.0. The lowest BCUT2D eigenvalue weighted by molar-refractivity contribution is 0.122. The number of benzene rings is 2. The van der Waals surface area contributed by atoms with Crippen molar-refractivity contribution in [2.24, 2.45) is 0 Å². The fourth-order valence-electron chi connectivity index (χ4n) is 4.58. The van der Waals surface area contributed by atoms with Crippen LogP contribution in [0.15, 0.2) is 85.2 Å². The molecule has 0 aliphatic carbocycles. The first-order valence-corrected chi connectivity index (χ1v) is 11.1. The van der Waals surface area contributed by atoms with E-state index in [2.05, 4.69) is 87.4 Å². The van der Waals surface area contributed by atoms with Crippen molar-refractivity contribution >= 4 is 27.6 Å². The summed E-state index contributed by atoms with van der Waals surface area (Å²) in [6.07, 6.45) is 4.02. The van der Waals surface area contributed by atoms with Crippen molar-refractivity contribution in [2.75, 3.05) is 31.2 Å². The lowest BCUT2D eigenvalue weighted by Gasteiger charge is -2.29. The molecule has 0 N–H and O–H groups in total. The monoisotopic (exact) mass is 420 g/mol. The van der Waals surface area contributed by atoms with Gasteiger partial charge in [-0.2, -0.15) is 0 Å². The summed E-state index contributed by atoms with van der Waals surface area (Å²) in [5.41, 5.74) is 5.57. The van der Waals surface area contributed by atoms with Gasteiger partial charge in [0.15, 0.2) is 0 Å². The summed E-state index contributed by atoms with van der Waals surface area (Å²) < 4.78 is 7.87. The van der Waals surface area contributed by atoms with Crippen LogP contribution in [0.1, 0.15) is 5.56 Å². The Morgan fingerprint density at radius 3 is 2.59 bits per heavy atom. The Morgan fingerprint density at radius 1 is 0.844 bits per heavy atom. The number of fused-ring (bicyclic) bond motifs is 2. The number of pyridine rings is 2. The van der Waals surface area contributed by atoms with Crippen molar-refractivity contribution in [1.29, 1.82) is 0 Å². The predicted octanol–water partition coefficient (Wildman–Crippen LogP) is 5.14. The molecule has 0 atom stereocenters. The number of ether oxygens (including phenoxy) is 1. The highest BCUT2D eigenvalue weighted by Crippen LogP contribution is 2.33. The molecule has 5 heteroatoms. The van der Waals surface area contributed by atoms with Crippen LogP contribution in [0.5, 0.6) is 0 Å². The van der Waals surface area contributed by atoms with Crippen LogP contribution < -0.4 is 4.90 Å². The first-order valence-electron chi connectivity index (χ1n) is 11.1. The quantitative estimate of drug-likeness (QED) is 0.404. The van der Waals surface area contributed by atoms with Gasteiger partial charge in [-0.3, -0.25) is 4.98 Å². The van der Waals surface area contributed by atoms with Crippen LogP contribution in [0.4, 0.5) is 5.82 Å². The van der Waals surface area contributed by atoms with E-state index in [4.69, 9.17) is 9.72 Å². The molecule has 32 heavy (non-hydrogen) atoms. The predicted molar refractivity (Wildman–Crippen MR) is 129 cm³/mol. The molecule has 0 radical (unpaired) electrons. The molecule has 3 aromatic heterocycles. The third-order valence-corrected chi connectivity index (χ3v) is 6.18. The summed E-state index contributed by atoms with van der Waals surface area (Å²) >= 11 is 0. The van der Waals surface area contributed by atoms with Gasteiger partial charge in [0.25, 0.3) is 0 Å². The molecule has 158 valence electrons. The SMILES string of the molecule is c1ccc(Cn2ccc3c(-c4cc5ncccc5c(N5CCOCC5)n4)cccc32)cc1. The minimum Gasteiger partial charge on any atom is -0.378 e. The van der Waals surface area contributed by atoms with Crippen LogP contribution >= 0.6 is 0 Å². The normalized spacial score (nSPS) is 14.3. The Balaban J connectivity index is 1.48. The van der Waals surface area contributed by atoms with Gasteiger partial charge in [0.05, 0.1) is 24.4 Å². The van der Waals surface area contributed by atoms with E-state index in [0.29, 0.717) is 0 Å². The average molecular weight is 421 g/mol. The fourth-order valence-corrected chi connectivity index (χ4v) is 4.58. The van der Waals surface area contributed by atoms with Crippen molar-refractivity contribution in [3.63, 3.8) is 0 Å². The van der Waals surface area contributed by atoms with E-state index in [1.54, 1.807) is 0 Å². The first kappa shape index (κ1) is 19.0. The third kappa shape index (κ3) is 3.41.